The van der Waals surface area contributed by atoms with Crippen LogP contribution in [-0.4, -0.2) is 56.9 Å². The molecule has 3 heterocycles. The molecule has 0 aliphatic carbocycles. The highest BCUT2D eigenvalue weighted by atomic mass is 31.2. The third kappa shape index (κ3) is 3.99. The molecular formula is C17H25N6O5P. The highest BCUT2D eigenvalue weighted by Gasteiger charge is 2.51. The number of fused-ring (bicyclic) bond motifs is 1. The monoisotopic (exact) mass is 424 g/mol. The van der Waals surface area contributed by atoms with E-state index in [1.807, 2.05) is 13.8 Å². The zero-order chi connectivity index (χ0) is 21.3. The SMILES string of the molecule is COc1nc(N)nc2c1ncn2[C@@H]1OC([C@H](O)P(OC)OC(C)C)C[C@@]1(C)C#N. The van der Waals surface area contributed by atoms with E-state index in [2.05, 4.69) is 21.0 Å². The van der Waals surface area contributed by atoms with Crippen LogP contribution in [0.2, 0.25) is 0 Å². The average molecular weight is 424 g/mol. The van der Waals surface area contributed by atoms with E-state index in [4.69, 9.17) is 24.3 Å². The van der Waals surface area contributed by atoms with Crippen LogP contribution in [-0.2, 0) is 13.8 Å². The van der Waals surface area contributed by atoms with Crippen LogP contribution in [0.4, 0.5) is 5.95 Å². The Labute approximate surface area is 169 Å². The van der Waals surface area contributed by atoms with E-state index in [-0.39, 0.29) is 24.4 Å². The first-order valence-electron chi connectivity index (χ1n) is 9.03. The first kappa shape index (κ1) is 21.6. The number of aromatic nitrogens is 4. The lowest BCUT2D eigenvalue weighted by Crippen LogP contribution is -2.26. The number of nitrogen functional groups attached to an aromatic ring is 1. The van der Waals surface area contributed by atoms with E-state index >= 15 is 0 Å². The molecule has 2 aromatic heterocycles. The van der Waals surface area contributed by atoms with Gasteiger partial charge in [0, 0.05) is 7.11 Å². The molecule has 1 aliphatic rings. The van der Waals surface area contributed by atoms with Gasteiger partial charge >= 0.3 is 0 Å². The van der Waals surface area contributed by atoms with E-state index in [1.54, 1.807) is 11.5 Å². The normalized spacial score (nSPS) is 26.6. The van der Waals surface area contributed by atoms with Gasteiger partial charge in [-0.1, -0.05) is 0 Å². The van der Waals surface area contributed by atoms with Gasteiger partial charge in [-0.05, 0) is 27.2 Å². The molecule has 158 valence electrons. The first-order valence-corrected chi connectivity index (χ1v) is 10.3. The molecule has 0 amide bonds. The third-order valence-corrected chi connectivity index (χ3v) is 6.38. The number of ether oxygens (including phenoxy) is 2. The van der Waals surface area contributed by atoms with Gasteiger partial charge in [-0.25, -0.2) is 4.98 Å². The summed E-state index contributed by atoms with van der Waals surface area (Å²) < 4.78 is 24.0. The predicted octanol–water partition coefficient (Wildman–Crippen LogP) is 1.94. The molecule has 3 rings (SSSR count). The number of aliphatic hydroxyl groups excluding tert-OH is 1. The van der Waals surface area contributed by atoms with Gasteiger partial charge in [0.05, 0.1) is 31.7 Å². The standard InChI is InChI=1S/C17H25N6O5P/c1-9(2)28-29(26-5)14(24)10-6-17(3,7-18)15(27-10)23-8-20-11-12(23)21-16(19)22-13(11)25-4/h8-10,14-15,24H,6H2,1-5H3,(H2,19,21,22)/t10?,14-,15-,17+,29?/m1/s1. The van der Waals surface area contributed by atoms with E-state index in [0.717, 1.165) is 0 Å². The summed E-state index contributed by atoms with van der Waals surface area (Å²) in [5.74, 6) is -0.788. The minimum Gasteiger partial charge on any atom is -0.479 e. The smallest absolute Gasteiger partial charge is 0.246 e. The molecule has 0 spiro atoms. The quantitative estimate of drug-likeness (QED) is 0.631. The van der Waals surface area contributed by atoms with Crippen molar-refractivity contribution in [2.45, 2.75) is 51.5 Å². The summed E-state index contributed by atoms with van der Waals surface area (Å²) in [7, 11) is 1.32. The fourth-order valence-electron chi connectivity index (χ4n) is 3.31. The van der Waals surface area contributed by atoms with Crippen molar-refractivity contribution in [1.29, 1.82) is 5.26 Å². The molecule has 0 aromatic carbocycles. The second-order valence-electron chi connectivity index (χ2n) is 7.21. The van der Waals surface area contributed by atoms with E-state index in [9.17, 15) is 10.4 Å². The number of anilines is 1. The van der Waals surface area contributed by atoms with Crippen LogP contribution in [0.3, 0.4) is 0 Å². The number of nitriles is 1. The topological polar surface area (TPSA) is 151 Å². The zero-order valence-electron chi connectivity index (χ0n) is 16.9. The maximum atomic E-state index is 10.8. The van der Waals surface area contributed by atoms with Gasteiger partial charge in [0.15, 0.2) is 17.4 Å². The van der Waals surface area contributed by atoms with Crippen molar-refractivity contribution in [3.05, 3.63) is 6.33 Å². The molecule has 0 saturated carbocycles. The lowest BCUT2D eigenvalue weighted by Gasteiger charge is -2.26. The van der Waals surface area contributed by atoms with Crippen LogP contribution in [0, 0.1) is 16.7 Å². The lowest BCUT2D eigenvalue weighted by molar-refractivity contribution is -0.0526. The second kappa shape index (κ2) is 8.34. The summed E-state index contributed by atoms with van der Waals surface area (Å²) in [6, 6.07) is 2.30. The molecule has 1 saturated heterocycles. The Morgan fingerprint density at radius 3 is 2.76 bits per heavy atom. The largest absolute Gasteiger partial charge is 0.479 e. The van der Waals surface area contributed by atoms with Crippen molar-refractivity contribution >= 4 is 25.5 Å². The van der Waals surface area contributed by atoms with Crippen LogP contribution < -0.4 is 10.5 Å². The summed E-state index contributed by atoms with van der Waals surface area (Å²) in [5.41, 5.74) is 5.61. The predicted molar refractivity (Wildman–Crippen MR) is 105 cm³/mol. The van der Waals surface area contributed by atoms with Gasteiger partial charge in [-0.15, -0.1) is 0 Å². The molecule has 1 fully saturated rings. The number of methoxy groups -OCH3 is 1. The summed E-state index contributed by atoms with van der Waals surface area (Å²) >= 11 is 0. The van der Waals surface area contributed by atoms with Crippen molar-refractivity contribution in [1.82, 2.24) is 19.5 Å². The fraction of sp³-hybridized carbons (Fsp3) is 0.647. The third-order valence-electron chi connectivity index (χ3n) is 4.63. The number of hydrogen-bond acceptors (Lipinski definition) is 10. The molecule has 2 unspecified atom stereocenters. The number of imidazole rings is 1. The molecule has 12 heteroatoms. The zero-order valence-corrected chi connectivity index (χ0v) is 17.8. The second-order valence-corrected chi connectivity index (χ2v) is 8.89. The Morgan fingerprint density at radius 1 is 1.45 bits per heavy atom. The van der Waals surface area contributed by atoms with E-state index in [1.165, 1.54) is 20.5 Å². The van der Waals surface area contributed by atoms with Crippen LogP contribution in [0.15, 0.2) is 6.33 Å². The lowest BCUT2D eigenvalue weighted by atomic mass is 9.87. The van der Waals surface area contributed by atoms with E-state index in [0.29, 0.717) is 11.2 Å². The van der Waals surface area contributed by atoms with Crippen LogP contribution in [0.1, 0.15) is 33.4 Å². The Kier molecular flexibility index (Phi) is 6.22. The fourth-order valence-corrected chi connectivity index (χ4v) is 4.60. The van der Waals surface area contributed by atoms with Gasteiger partial charge in [0.1, 0.15) is 11.3 Å². The molecular weight excluding hydrogens is 399 g/mol. The maximum Gasteiger partial charge on any atom is 0.246 e. The molecule has 2 aromatic rings. The van der Waals surface area contributed by atoms with Crippen molar-refractivity contribution in [2.75, 3.05) is 20.0 Å². The Hall–Kier alpha value is -2.09. The Morgan fingerprint density at radius 2 is 2.17 bits per heavy atom. The Balaban J connectivity index is 1.97. The van der Waals surface area contributed by atoms with Crippen LogP contribution in [0.5, 0.6) is 5.88 Å². The van der Waals surface area contributed by atoms with Crippen molar-refractivity contribution in [3.63, 3.8) is 0 Å². The van der Waals surface area contributed by atoms with Gasteiger partial charge in [0.25, 0.3) is 0 Å². The molecule has 0 radical (unpaired) electrons. The maximum absolute atomic E-state index is 10.8. The molecule has 0 bridgehead atoms. The van der Waals surface area contributed by atoms with Crippen LogP contribution in [0.25, 0.3) is 11.2 Å². The summed E-state index contributed by atoms with van der Waals surface area (Å²) in [6.07, 6.45) is 0.216. The van der Waals surface area contributed by atoms with Gasteiger partial charge in [-0.3, -0.25) is 4.57 Å². The van der Waals surface area contributed by atoms with Crippen LogP contribution >= 0.6 is 8.38 Å². The average Bonchev–Trinajstić information content (AvgIpc) is 3.25. The molecule has 1 aliphatic heterocycles. The van der Waals surface area contributed by atoms with Crippen molar-refractivity contribution in [2.24, 2.45) is 5.41 Å². The number of hydrogen-bond donors (Lipinski definition) is 2. The summed E-state index contributed by atoms with van der Waals surface area (Å²) in [5, 5.41) is 20.7. The van der Waals surface area contributed by atoms with Gasteiger partial charge in [-0.2, -0.15) is 15.2 Å². The molecule has 3 N–H and O–H groups in total. The van der Waals surface area contributed by atoms with Gasteiger partial charge < -0.3 is 29.4 Å². The number of nitrogens with zero attached hydrogens (tertiary/aromatic N) is 5. The highest BCUT2D eigenvalue weighted by molar-refractivity contribution is 7.47. The highest BCUT2D eigenvalue weighted by Crippen LogP contribution is 2.53. The minimum atomic E-state index is -1.61. The minimum absolute atomic E-state index is 0.0116. The van der Waals surface area contributed by atoms with Gasteiger partial charge in [0.2, 0.25) is 20.2 Å². The van der Waals surface area contributed by atoms with Crippen molar-refractivity contribution in [3.8, 4) is 11.9 Å². The molecule has 29 heavy (non-hydrogen) atoms. The number of nitrogens with two attached hydrogens (primary N) is 1. The van der Waals surface area contributed by atoms with E-state index < -0.39 is 32.0 Å². The number of aliphatic hydroxyl groups is 1. The summed E-state index contributed by atoms with van der Waals surface area (Å²) in [6.45, 7) is 5.47. The first-order chi connectivity index (χ1) is 13.7. The molecule has 5 atom stereocenters. The molecule has 11 nitrogen and oxygen atoms in total. The Bertz CT molecular complexity index is 918. The van der Waals surface area contributed by atoms with Crippen molar-refractivity contribution < 1.29 is 23.6 Å². The number of rotatable bonds is 7. The summed E-state index contributed by atoms with van der Waals surface area (Å²) in [4.78, 5) is 12.5.